The van der Waals surface area contributed by atoms with Crippen molar-refractivity contribution >= 4 is 5.97 Å². The summed E-state index contributed by atoms with van der Waals surface area (Å²) in [5.41, 5.74) is -0.688. The lowest BCUT2D eigenvalue weighted by molar-refractivity contribution is -0.149. The van der Waals surface area contributed by atoms with Crippen LogP contribution in [0.2, 0.25) is 0 Å². The van der Waals surface area contributed by atoms with Crippen LogP contribution in [0.15, 0.2) is 0 Å². The number of carbonyl (C=O) groups excluding carboxylic acids is 1. The van der Waals surface area contributed by atoms with Gasteiger partial charge in [-0.3, -0.25) is 10.1 Å². The predicted molar refractivity (Wildman–Crippen MR) is 79.8 cm³/mol. The van der Waals surface area contributed by atoms with Gasteiger partial charge in [0.1, 0.15) is 5.54 Å². The summed E-state index contributed by atoms with van der Waals surface area (Å²) in [4.78, 5) is 14.2. The summed E-state index contributed by atoms with van der Waals surface area (Å²) >= 11 is 0. The van der Waals surface area contributed by atoms with Crippen molar-refractivity contribution in [2.75, 3.05) is 33.9 Å². The molecule has 5 heteroatoms. The minimum Gasteiger partial charge on any atom is -0.468 e. The van der Waals surface area contributed by atoms with Gasteiger partial charge in [0.2, 0.25) is 0 Å². The predicted octanol–water partition coefficient (Wildman–Crippen LogP) is 1.42. The van der Waals surface area contributed by atoms with Gasteiger partial charge in [0, 0.05) is 25.7 Å². The molecule has 5 nitrogen and oxygen atoms in total. The Bertz CT molecular complexity index is 303. The SMILES string of the molecule is COC(=O)C(C)(CN(C)CC1CCCCO1)NC(C)C. The molecule has 0 saturated carbocycles. The Labute approximate surface area is 123 Å². The van der Waals surface area contributed by atoms with Crippen molar-refractivity contribution in [3.05, 3.63) is 0 Å². The van der Waals surface area contributed by atoms with Gasteiger partial charge < -0.3 is 14.4 Å². The number of esters is 1. The van der Waals surface area contributed by atoms with Crippen molar-refractivity contribution in [1.82, 2.24) is 10.2 Å². The summed E-state index contributed by atoms with van der Waals surface area (Å²) in [6, 6.07) is 0.221. The summed E-state index contributed by atoms with van der Waals surface area (Å²) in [6.45, 7) is 8.29. The zero-order chi connectivity index (χ0) is 15.2. The molecule has 1 aliphatic rings. The molecular weight excluding hydrogens is 256 g/mol. The smallest absolute Gasteiger partial charge is 0.327 e. The van der Waals surface area contributed by atoms with E-state index in [0.29, 0.717) is 6.54 Å². The van der Waals surface area contributed by atoms with Crippen molar-refractivity contribution in [3.8, 4) is 0 Å². The number of rotatable bonds is 7. The first kappa shape index (κ1) is 17.4. The van der Waals surface area contributed by atoms with E-state index in [9.17, 15) is 4.79 Å². The first-order chi connectivity index (χ1) is 9.37. The molecule has 0 amide bonds. The van der Waals surface area contributed by atoms with Crippen molar-refractivity contribution < 1.29 is 14.3 Å². The van der Waals surface area contributed by atoms with E-state index in [1.54, 1.807) is 0 Å². The van der Waals surface area contributed by atoms with Crippen molar-refractivity contribution in [2.24, 2.45) is 0 Å². The minimum atomic E-state index is -0.688. The average Bonchev–Trinajstić information content (AvgIpc) is 2.37. The van der Waals surface area contributed by atoms with Crippen LogP contribution in [0.1, 0.15) is 40.0 Å². The van der Waals surface area contributed by atoms with Gasteiger partial charge in [-0.25, -0.2) is 0 Å². The molecule has 0 bridgehead atoms. The van der Waals surface area contributed by atoms with Crippen LogP contribution in [0, 0.1) is 0 Å². The first-order valence-electron chi connectivity index (χ1n) is 7.53. The Morgan fingerprint density at radius 3 is 2.70 bits per heavy atom. The lowest BCUT2D eigenvalue weighted by Crippen LogP contribution is -2.59. The summed E-state index contributed by atoms with van der Waals surface area (Å²) in [7, 11) is 3.47. The van der Waals surface area contributed by atoms with Gasteiger partial charge in [-0.1, -0.05) is 0 Å². The lowest BCUT2D eigenvalue weighted by atomic mass is 10.00. The second-order valence-corrected chi connectivity index (χ2v) is 6.31. The normalized spacial score (nSPS) is 22.9. The zero-order valence-corrected chi connectivity index (χ0v) is 13.6. The highest BCUT2D eigenvalue weighted by Crippen LogP contribution is 2.15. The number of hydrogen-bond acceptors (Lipinski definition) is 5. The molecule has 1 saturated heterocycles. The standard InChI is InChI=1S/C15H30N2O3/c1-12(2)16-15(3,14(18)19-5)11-17(4)10-13-8-6-7-9-20-13/h12-13,16H,6-11H2,1-5H3. The Balaban J connectivity index is 2.56. The van der Waals surface area contributed by atoms with Crippen molar-refractivity contribution in [1.29, 1.82) is 0 Å². The van der Waals surface area contributed by atoms with Crippen LogP contribution in [-0.2, 0) is 14.3 Å². The molecule has 0 aliphatic carbocycles. The molecule has 2 unspecified atom stereocenters. The molecule has 118 valence electrons. The first-order valence-corrected chi connectivity index (χ1v) is 7.53. The van der Waals surface area contributed by atoms with Gasteiger partial charge in [-0.15, -0.1) is 0 Å². The molecule has 1 heterocycles. The molecule has 1 fully saturated rings. The van der Waals surface area contributed by atoms with Crippen LogP contribution >= 0.6 is 0 Å². The maximum absolute atomic E-state index is 12.1. The minimum absolute atomic E-state index is 0.220. The highest BCUT2D eigenvalue weighted by atomic mass is 16.5. The molecule has 1 rings (SSSR count). The topological polar surface area (TPSA) is 50.8 Å². The maximum atomic E-state index is 12.1. The average molecular weight is 286 g/mol. The monoisotopic (exact) mass is 286 g/mol. The van der Waals surface area contributed by atoms with E-state index >= 15 is 0 Å². The molecule has 1 N–H and O–H groups in total. The van der Waals surface area contributed by atoms with Gasteiger partial charge in [-0.2, -0.15) is 0 Å². The fourth-order valence-electron chi connectivity index (χ4n) is 2.93. The van der Waals surface area contributed by atoms with E-state index in [2.05, 4.69) is 10.2 Å². The van der Waals surface area contributed by atoms with Gasteiger partial charge in [0.25, 0.3) is 0 Å². The van der Waals surface area contributed by atoms with Crippen LogP contribution in [0.5, 0.6) is 0 Å². The quantitative estimate of drug-likeness (QED) is 0.717. The highest BCUT2D eigenvalue weighted by molar-refractivity contribution is 5.80. The molecule has 0 aromatic heterocycles. The van der Waals surface area contributed by atoms with E-state index in [1.807, 2.05) is 27.8 Å². The van der Waals surface area contributed by atoms with Crippen LogP contribution in [0.3, 0.4) is 0 Å². The molecule has 20 heavy (non-hydrogen) atoms. The number of carbonyl (C=O) groups is 1. The molecule has 1 aliphatic heterocycles. The Kier molecular flexibility index (Phi) is 6.92. The lowest BCUT2D eigenvalue weighted by Gasteiger charge is -2.35. The van der Waals surface area contributed by atoms with Crippen LogP contribution in [0.25, 0.3) is 0 Å². The maximum Gasteiger partial charge on any atom is 0.327 e. The van der Waals surface area contributed by atoms with Gasteiger partial charge in [-0.05, 0) is 47.1 Å². The summed E-state index contributed by atoms with van der Waals surface area (Å²) in [6.07, 6.45) is 3.79. The fraction of sp³-hybridized carbons (Fsp3) is 0.933. The highest BCUT2D eigenvalue weighted by Gasteiger charge is 2.36. The summed E-state index contributed by atoms with van der Waals surface area (Å²) < 4.78 is 10.7. The number of methoxy groups -OCH3 is 1. The van der Waals surface area contributed by atoms with E-state index in [-0.39, 0.29) is 18.1 Å². The second kappa shape index (κ2) is 7.96. The number of likely N-dealkylation sites (N-methyl/N-ethyl adjacent to an activating group) is 1. The number of hydrogen-bond donors (Lipinski definition) is 1. The molecule has 0 spiro atoms. The van der Waals surface area contributed by atoms with Gasteiger partial charge >= 0.3 is 5.97 Å². The van der Waals surface area contributed by atoms with E-state index in [1.165, 1.54) is 13.5 Å². The number of ether oxygens (including phenoxy) is 2. The Hall–Kier alpha value is -0.650. The van der Waals surface area contributed by atoms with Crippen LogP contribution in [0.4, 0.5) is 0 Å². The third kappa shape index (κ3) is 5.38. The number of nitrogens with zero attached hydrogens (tertiary/aromatic N) is 1. The fourth-order valence-corrected chi connectivity index (χ4v) is 2.93. The van der Waals surface area contributed by atoms with Crippen LogP contribution < -0.4 is 5.32 Å². The number of nitrogens with one attached hydrogen (secondary N) is 1. The molecule has 0 radical (unpaired) electrons. The third-order valence-electron chi connectivity index (χ3n) is 3.62. The zero-order valence-electron chi connectivity index (χ0n) is 13.6. The summed E-state index contributed by atoms with van der Waals surface area (Å²) in [5, 5.41) is 3.32. The largest absolute Gasteiger partial charge is 0.468 e. The van der Waals surface area contributed by atoms with E-state index in [4.69, 9.17) is 9.47 Å². The third-order valence-corrected chi connectivity index (χ3v) is 3.62. The second-order valence-electron chi connectivity index (χ2n) is 6.31. The van der Waals surface area contributed by atoms with Crippen LogP contribution in [-0.4, -0.2) is 62.4 Å². The van der Waals surface area contributed by atoms with Crippen molar-refractivity contribution in [3.63, 3.8) is 0 Å². The summed E-state index contributed by atoms with van der Waals surface area (Å²) in [5.74, 6) is -0.220. The molecule has 0 aromatic rings. The van der Waals surface area contributed by atoms with Crippen molar-refractivity contribution in [2.45, 2.75) is 57.7 Å². The van der Waals surface area contributed by atoms with E-state index in [0.717, 1.165) is 26.0 Å². The molecule has 0 aromatic carbocycles. The molecular formula is C15H30N2O3. The van der Waals surface area contributed by atoms with Gasteiger partial charge in [0.15, 0.2) is 0 Å². The van der Waals surface area contributed by atoms with Gasteiger partial charge in [0.05, 0.1) is 13.2 Å². The van der Waals surface area contributed by atoms with E-state index < -0.39 is 5.54 Å². The Morgan fingerprint density at radius 1 is 1.50 bits per heavy atom. The Morgan fingerprint density at radius 2 is 2.20 bits per heavy atom. The molecule has 2 atom stereocenters.